The first-order valence-corrected chi connectivity index (χ1v) is 11.5. The third kappa shape index (κ3) is 4.98. The zero-order valence-electron chi connectivity index (χ0n) is 19.0. The first kappa shape index (κ1) is 22.7. The number of hydrogen-bond acceptors (Lipinski definition) is 6. The van der Waals surface area contributed by atoms with E-state index >= 15 is 0 Å². The first-order chi connectivity index (χ1) is 15.6. The molecule has 0 saturated heterocycles. The minimum atomic E-state index is -0.319. The molecule has 0 aliphatic carbocycles. The summed E-state index contributed by atoms with van der Waals surface area (Å²) in [5, 5.41) is 6.13. The van der Waals surface area contributed by atoms with Crippen molar-refractivity contribution in [1.29, 1.82) is 0 Å². The van der Waals surface area contributed by atoms with E-state index < -0.39 is 0 Å². The van der Waals surface area contributed by atoms with Gasteiger partial charge in [0.1, 0.15) is 12.3 Å². The van der Waals surface area contributed by atoms with Crippen LogP contribution in [0.5, 0.6) is 5.75 Å². The van der Waals surface area contributed by atoms with Gasteiger partial charge in [-0.15, -0.1) is 0 Å². The molecule has 0 unspecified atom stereocenters. The maximum absolute atomic E-state index is 12.8. The van der Waals surface area contributed by atoms with Crippen molar-refractivity contribution in [3.8, 4) is 5.75 Å². The monoisotopic (exact) mass is 466 g/mol. The van der Waals surface area contributed by atoms with E-state index in [0.717, 1.165) is 15.8 Å². The number of fused-ring (bicyclic) bond motifs is 2. The largest absolute Gasteiger partial charge is 0.482 e. The van der Waals surface area contributed by atoms with Gasteiger partial charge in [0, 0.05) is 12.1 Å². The maximum atomic E-state index is 12.8. The highest BCUT2D eigenvalue weighted by molar-refractivity contribution is 7.22. The Hall–Kier alpha value is -3.46. The number of nitrogens with one attached hydrogen (secondary N) is 2. The Bertz CT molecular complexity index is 1240. The molecule has 4 rings (SSSR count). The van der Waals surface area contributed by atoms with Gasteiger partial charge in [0.15, 0.2) is 11.7 Å². The molecule has 1 aliphatic heterocycles. The van der Waals surface area contributed by atoms with Crippen molar-refractivity contribution in [2.24, 2.45) is 0 Å². The van der Waals surface area contributed by atoms with Crippen LogP contribution in [0.3, 0.4) is 0 Å². The van der Waals surface area contributed by atoms with Gasteiger partial charge >= 0.3 is 0 Å². The van der Waals surface area contributed by atoms with Crippen LogP contribution in [0, 0.1) is 0 Å². The zero-order valence-corrected chi connectivity index (χ0v) is 19.8. The minimum absolute atomic E-state index is 0.103. The summed E-state index contributed by atoms with van der Waals surface area (Å²) in [6.07, 6.45) is 0.373. The smallest absolute Gasteiger partial charge is 0.265 e. The van der Waals surface area contributed by atoms with Gasteiger partial charge in [-0.3, -0.25) is 19.3 Å². The fraction of sp³-hybridized carbons (Fsp3) is 0.333. The van der Waals surface area contributed by atoms with Gasteiger partial charge in [-0.05, 0) is 41.3 Å². The number of carbonyl (C=O) groups is 3. The minimum Gasteiger partial charge on any atom is -0.482 e. The predicted octanol–water partition coefficient (Wildman–Crippen LogP) is 4.31. The standard InChI is InChI=1S/C24H26N4O4S/c1-5-20(29)27-23-26-16-8-7-15(11-19(16)33-23)25-21(30)12-28-17-10-14(24(2,3)4)6-9-18(17)32-13-22(28)31/h6-11H,5,12-13H2,1-4H3,(H,25,30)(H,26,27,29). The summed E-state index contributed by atoms with van der Waals surface area (Å²) in [6.45, 7) is 7.82. The summed E-state index contributed by atoms with van der Waals surface area (Å²) in [5.74, 6) is -0.102. The molecule has 1 aromatic heterocycles. The Balaban J connectivity index is 1.51. The Labute approximate surface area is 195 Å². The van der Waals surface area contributed by atoms with Gasteiger partial charge in [0.05, 0.1) is 15.9 Å². The molecule has 33 heavy (non-hydrogen) atoms. The van der Waals surface area contributed by atoms with Gasteiger partial charge in [-0.1, -0.05) is 45.1 Å². The second-order valence-corrected chi connectivity index (χ2v) is 9.88. The number of rotatable bonds is 5. The molecular formula is C24H26N4O4S. The highest BCUT2D eigenvalue weighted by atomic mass is 32.1. The quantitative estimate of drug-likeness (QED) is 0.584. The molecule has 3 amide bonds. The highest BCUT2D eigenvalue weighted by Gasteiger charge is 2.29. The molecule has 2 aromatic carbocycles. The summed E-state index contributed by atoms with van der Waals surface area (Å²) in [5.41, 5.74) is 2.86. The highest BCUT2D eigenvalue weighted by Crippen LogP contribution is 2.36. The second kappa shape index (κ2) is 8.82. The number of thiazole rings is 1. The molecule has 2 N–H and O–H groups in total. The van der Waals surface area contributed by atoms with E-state index in [2.05, 4.69) is 36.4 Å². The van der Waals surface area contributed by atoms with E-state index in [-0.39, 0.29) is 36.3 Å². The Morgan fingerprint density at radius 2 is 1.91 bits per heavy atom. The van der Waals surface area contributed by atoms with Crippen molar-refractivity contribution < 1.29 is 19.1 Å². The van der Waals surface area contributed by atoms with E-state index in [0.29, 0.717) is 28.7 Å². The fourth-order valence-electron chi connectivity index (χ4n) is 3.45. The molecule has 0 bridgehead atoms. The van der Waals surface area contributed by atoms with E-state index in [4.69, 9.17) is 4.74 Å². The number of carbonyl (C=O) groups excluding carboxylic acids is 3. The second-order valence-electron chi connectivity index (χ2n) is 8.85. The molecule has 2 heterocycles. The van der Waals surface area contributed by atoms with Crippen LogP contribution in [0.15, 0.2) is 36.4 Å². The van der Waals surface area contributed by atoms with Crippen LogP contribution in [0.1, 0.15) is 39.7 Å². The van der Waals surface area contributed by atoms with Gasteiger partial charge < -0.3 is 15.4 Å². The molecule has 1 aliphatic rings. The van der Waals surface area contributed by atoms with E-state index in [9.17, 15) is 14.4 Å². The lowest BCUT2D eigenvalue weighted by atomic mass is 9.86. The number of amides is 3. The van der Waals surface area contributed by atoms with Crippen molar-refractivity contribution in [2.75, 3.05) is 28.7 Å². The number of anilines is 3. The molecule has 8 nitrogen and oxygen atoms in total. The van der Waals surface area contributed by atoms with Crippen molar-refractivity contribution in [1.82, 2.24) is 4.98 Å². The van der Waals surface area contributed by atoms with Gasteiger partial charge in [-0.2, -0.15) is 0 Å². The maximum Gasteiger partial charge on any atom is 0.265 e. The lowest BCUT2D eigenvalue weighted by molar-refractivity contribution is -0.123. The lowest BCUT2D eigenvalue weighted by Gasteiger charge is -2.31. The molecule has 0 radical (unpaired) electrons. The van der Waals surface area contributed by atoms with Crippen LogP contribution < -0.4 is 20.3 Å². The van der Waals surface area contributed by atoms with Crippen LogP contribution in [0.2, 0.25) is 0 Å². The van der Waals surface area contributed by atoms with Crippen LogP contribution in [-0.2, 0) is 19.8 Å². The lowest BCUT2D eigenvalue weighted by Crippen LogP contribution is -2.43. The van der Waals surface area contributed by atoms with Crippen LogP contribution in [-0.4, -0.2) is 35.9 Å². The average Bonchev–Trinajstić information content (AvgIpc) is 3.16. The number of benzene rings is 2. The molecule has 172 valence electrons. The first-order valence-electron chi connectivity index (χ1n) is 10.7. The Morgan fingerprint density at radius 1 is 1.12 bits per heavy atom. The van der Waals surface area contributed by atoms with Crippen molar-refractivity contribution in [3.05, 3.63) is 42.0 Å². The molecular weight excluding hydrogens is 440 g/mol. The summed E-state index contributed by atoms with van der Waals surface area (Å²) in [7, 11) is 0. The SMILES string of the molecule is CCC(=O)Nc1nc2ccc(NC(=O)CN3C(=O)COc4ccc(C(C)(C)C)cc43)cc2s1. The average molecular weight is 467 g/mol. The topological polar surface area (TPSA) is 101 Å². The van der Waals surface area contributed by atoms with E-state index in [1.54, 1.807) is 25.1 Å². The summed E-state index contributed by atoms with van der Waals surface area (Å²) >= 11 is 1.34. The number of hydrogen-bond donors (Lipinski definition) is 2. The fourth-order valence-corrected chi connectivity index (χ4v) is 4.37. The van der Waals surface area contributed by atoms with Crippen molar-refractivity contribution in [2.45, 2.75) is 39.5 Å². The molecule has 0 fully saturated rings. The summed E-state index contributed by atoms with van der Waals surface area (Å²) in [6, 6.07) is 11.1. The van der Waals surface area contributed by atoms with E-state index in [1.165, 1.54) is 16.2 Å². The molecule has 3 aromatic rings. The molecule has 0 spiro atoms. The Kier molecular flexibility index (Phi) is 6.07. The normalized spacial score (nSPS) is 13.5. The van der Waals surface area contributed by atoms with Gasteiger partial charge in [-0.25, -0.2) is 4.98 Å². The van der Waals surface area contributed by atoms with Crippen LogP contribution in [0.4, 0.5) is 16.5 Å². The van der Waals surface area contributed by atoms with Crippen molar-refractivity contribution in [3.63, 3.8) is 0 Å². The number of ether oxygens (including phenoxy) is 1. The zero-order chi connectivity index (χ0) is 23.8. The molecule has 9 heteroatoms. The predicted molar refractivity (Wildman–Crippen MR) is 130 cm³/mol. The van der Waals surface area contributed by atoms with Gasteiger partial charge in [0.25, 0.3) is 5.91 Å². The van der Waals surface area contributed by atoms with Crippen molar-refractivity contribution >= 4 is 55.8 Å². The van der Waals surface area contributed by atoms with Crippen LogP contribution in [0.25, 0.3) is 10.2 Å². The van der Waals surface area contributed by atoms with E-state index in [1.807, 2.05) is 18.2 Å². The third-order valence-corrected chi connectivity index (χ3v) is 6.24. The molecule has 0 atom stereocenters. The molecule has 0 saturated carbocycles. The summed E-state index contributed by atoms with van der Waals surface area (Å²) in [4.78, 5) is 42.9. The third-order valence-electron chi connectivity index (χ3n) is 5.31. The van der Waals surface area contributed by atoms with Gasteiger partial charge in [0.2, 0.25) is 11.8 Å². The number of nitrogens with zero attached hydrogens (tertiary/aromatic N) is 2. The number of aromatic nitrogens is 1. The van der Waals surface area contributed by atoms with Crippen LogP contribution >= 0.6 is 11.3 Å². The summed E-state index contributed by atoms with van der Waals surface area (Å²) < 4.78 is 6.40. The Morgan fingerprint density at radius 3 is 2.64 bits per heavy atom.